The molecule has 0 bridgehead atoms. The molecule has 0 aromatic heterocycles. The van der Waals surface area contributed by atoms with Gasteiger partial charge in [-0.25, -0.2) is 0 Å². The van der Waals surface area contributed by atoms with Crippen molar-refractivity contribution in [2.24, 2.45) is 0 Å². The first kappa shape index (κ1) is 19.7. The Morgan fingerprint density at radius 2 is 1.63 bits per heavy atom. The minimum absolute atomic E-state index is 0.0739. The number of fused-ring (bicyclic) bond motifs is 1. The van der Waals surface area contributed by atoms with Crippen molar-refractivity contribution in [3.05, 3.63) is 48.0 Å². The summed E-state index contributed by atoms with van der Waals surface area (Å²) in [4.78, 5) is 19.0. The topological polar surface area (TPSA) is 54.0 Å². The molecule has 2 saturated heterocycles. The third kappa shape index (κ3) is 4.15. The van der Waals surface area contributed by atoms with Gasteiger partial charge in [0, 0.05) is 36.8 Å². The quantitative estimate of drug-likeness (QED) is 0.813. The maximum absolute atomic E-state index is 13.1. The number of hydrogen-bond acceptors (Lipinski definition) is 6. The number of hydrogen-bond donors (Lipinski definition) is 1. The predicted octanol–water partition coefficient (Wildman–Crippen LogP) is 3.02. The van der Waals surface area contributed by atoms with E-state index in [9.17, 15) is 4.79 Å². The minimum Gasteiger partial charge on any atom is -0.378 e. The maximum atomic E-state index is 13.1. The Morgan fingerprint density at radius 3 is 2.37 bits per heavy atom. The molecule has 0 radical (unpaired) electrons. The molecule has 3 aliphatic heterocycles. The van der Waals surface area contributed by atoms with E-state index in [0.717, 1.165) is 57.2 Å². The molecule has 2 fully saturated rings. The molecule has 1 unspecified atom stereocenters. The zero-order valence-corrected chi connectivity index (χ0v) is 17.8. The molecule has 1 N–H and O–H groups in total. The minimum atomic E-state index is -0.0844. The molecule has 0 saturated carbocycles. The Labute approximate surface area is 181 Å². The summed E-state index contributed by atoms with van der Waals surface area (Å²) in [5, 5.41) is 3.14. The van der Waals surface area contributed by atoms with Gasteiger partial charge in [-0.1, -0.05) is 18.2 Å². The Kier molecular flexibility index (Phi) is 5.84. The number of amides is 1. The lowest BCUT2D eigenvalue weighted by atomic mass is 10.1. The van der Waals surface area contributed by atoms with E-state index >= 15 is 0 Å². The summed E-state index contributed by atoms with van der Waals surface area (Å²) in [5.74, 6) is 0.0739. The first-order chi connectivity index (χ1) is 14.8. The van der Waals surface area contributed by atoms with Gasteiger partial charge in [0.25, 0.3) is 0 Å². The van der Waals surface area contributed by atoms with Crippen molar-refractivity contribution in [2.75, 3.05) is 67.7 Å². The standard InChI is InChI=1S/C23H27N3O3S/c27-23(22-15-17-3-1-2-4-21(17)30-22)24-19-6-5-18(25-7-11-28-12-8-25)16-20(19)26-9-13-29-14-10-26/h1-6,16,22H,7-15H2,(H,24,27). The van der Waals surface area contributed by atoms with Gasteiger partial charge < -0.3 is 24.6 Å². The number of anilines is 3. The van der Waals surface area contributed by atoms with Gasteiger partial charge in [-0.3, -0.25) is 4.79 Å². The molecule has 158 valence electrons. The van der Waals surface area contributed by atoms with Crippen LogP contribution in [0.3, 0.4) is 0 Å². The number of thioether (sulfide) groups is 1. The Balaban J connectivity index is 1.37. The van der Waals surface area contributed by atoms with Crippen LogP contribution in [0.1, 0.15) is 5.56 Å². The number of rotatable bonds is 4. The molecule has 3 heterocycles. The number of carbonyl (C=O) groups is 1. The maximum Gasteiger partial charge on any atom is 0.238 e. The third-order valence-corrected chi connectivity index (χ3v) is 7.22. The van der Waals surface area contributed by atoms with Crippen LogP contribution in [-0.4, -0.2) is 63.8 Å². The fourth-order valence-electron chi connectivity index (χ4n) is 4.25. The summed E-state index contributed by atoms with van der Waals surface area (Å²) >= 11 is 1.66. The van der Waals surface area contributed by atoms with Crippen LogP contribution in [0.5, 0.6) is 0 Å². The molecule has 2 aromatic rings. The van der Waals surface area contributed by atoms with Gasteiger partial charge in [0.15, 0.2) is 0 Å². The van der Waals surface area contributed by atoms with Crippen molar-refractivity contribution >= 4 is 34.7 Å². The van der Waals surface area contributed by atoms with Crippen molar-refractivity contribution < 1.29 is 14.3 Å². The molecular weight excluding hydrogens is 398 g/mol. The van der Waals surface area contributed by atoms with Crippen LogP contribution < -0.4 is 15.1 Å². The SMILES string of the molecule is O=C(Nc1ccc(N2CCOCC2)cc1N1CCOCC1)C1Cc2ccccc2S1. The van der Waals surface area contributed by atoms with Crippen molar-refractivity contribution in [2.45, 2.75) is 16.6 Å². The molecule has 7 heteroatoms. The van der Waals surface area contributed by atoms with Crippen molar-refractivity contribution in [1.82, 2.24) is 0 Å². The average Bonchev–Trinajstić information content (AvgIpc) is 3.25. The fraction of sp³-hybridized carbons (Fsp3) is 0.435. The molecule has 3 aliphatic rings. The van der Waals surface area contributed by atoms with E-state index < -0.39 is 0 Å². The van der Waals surface area contributed by atoms with Crippen molar-refractivity contribution in [1.29, 1.82) is 0 Å². The van der Waals surface area contributed by atoms with E-state index in [4.69, 9.17) is 9.47 Å². The molecular formula is C23H27N3O3S. The second-order valence-corrected chi connectivity index (χ2v) is 9.05. The van der Waals surface area contributed by atoms with Crippen LogP contribution in [0.25, 0.3) is 0 Å². The predicted molar refractivity (Wildman–Crippen MR) is 121 cm³/mol. The first-order valence-electron chi connectivity index (χ1n) is 10.6. The number of benzene rings is 2. The summed E-state index contributed by atoms with van der Waals surface area (Å²) in [7, 11) is 0. The van der Waals surface area contributed by atoms with E-state index in [2.05, 4.69) is 45.4 Å². The number of ether oxygens (including phenoxy) is 2. The number of nitrogens with one attached hydrogen (secondary N) is 1. The van der Waals surface area contributed by atoms with E-state index in [-0.39, 0.29) is 11.2 Å². The largest absolute Gasteiger partial charge is 0.378 e. The molecule has 6 nitrogen and oxygen atoms in total. The third-order valence-electron chi connectivity index (χ3n) is 5.91. The average molecular weight is 426 g/mol. The summed E-state index contributed by atoms with van der Waals surface area (Å²) in [5.41, 5.74) is 4.41. The lowest BCUT2D eigenvalue weighted by molar-refractivity contribution is -0.115. The number of carbonyl (C=O) groups excluding carboxylic acids is 1. The summed E-state index contributed by atoms with van der Waals surface area (Å²) in [6.45, 7) is 6.39. The van der Waals surface area contributed by atoms with E-state index in [0.29, 0.717) is 13.2 Å². The van der Waals surface area contributed by atoms with Gasteiger partial charge >= 0.3 is 0 Å². The Bertz CT molecular complexity index is 885. The van der Waals surface area contributed by atoms with Crippen LogP contribution in [0, 0.1) is 0 Å². The number of nitrogens with zero attached hydrogens (tertiary/aromatic N) is 2. The fourth-order valence-corrected chi connectivity index (χ4v) is 5.45. The summed E-state index contributed by atoms with van der Waals surface area (Å²) in [6.07, 6.45) is 0.783. The molecule has 2 aromatic carbocycles. The highest BCUT2D eigenvalue weighted by molar-refractivity contribution is 8.01. The monoisotopic (exact) mass is 425 g/mol. The molecule has 0 aliphatic carbocycles. The van der Waals surface area contributed by atoms with Crippen molar-refractivity contribution in [3.63, 3.8) is 0 Å². The Morgan fingerprint density at radius 1 is 0.933 bits per heavy atom. The zero-order valence-electron chi connectivity index (χ0n) is 17.0. The molecule has 1 amide bonds. The van der Waals surface area contributed by atoms with Gasteiger partial charge in [-0.05, 0) is 36.2 Å². The van der Waals surface area contributed by atoms with E-state index in [1.807, 2.05) is 12.1 Å². The first-order valence-corrected chi connectivity index (χ1v) is 11.5. The van der Waals surface area contributed by atoms with Crippen LogP contribution >= 0.6 is 11.8 Å². The lowest BCUT2D eigenvalue weighted by Gasteiger charge is -2.33. The lowest BCUT2D eigenvalue weighted by Crippen LogP contribution is -2.38. The van der Waals surface area contributed by atoms with Crippen LogP contribution in [-0.2, 0) is 20.7 Å². The highest BCUT2D eigenvalue weighted by atomic mass is 32.2. The Hall–Kier alpha value is -2.22. The van der Waals surface area contributed by atoms with Crippen LogP contribution in [0.15, 0.2) is 47.4 Å². The van der Waals surface area contributed by atoms with Crippen LogP contribution in [0.4, 0.5) is 17.1 Å². The summed E-state index contributed by atoms with van der Waals surface area (Å²) in [6, 6.07) is 14.7. The molecule has 0 spiro atoms. The second-order valence-electron chi connectivity index (χ2n) is 7.81. The molecule has 30 heavy (non-hydrogen) atoms. The number of morpholine rings is 2. The van der Waals surface area contributed by atoms with Gasteiger partial charge in [-0.15, -0.1) is 11.8 Å². The van der Waals surface area contributed by atoms with E-state index in [1.54, 1.807) is 11.8 Å². The van der Waals surface area contributed by atoms with Crippen LogP contribution in [0.2, 0.25) is 0 Å². The smallest absolute Gasteiger partial charge is 0.238 e. The van der Waals surface area contributed by atoms with E-state index in [1.165, 1.54) is 16.1 Å². The molecule has 1 atom stereocenters. The van der Waals surface area contributed by atoms with Gasteiger partial charge in [0.1, 0.15) is 0 Å². The van der Waals surface area contributed by atoms with Gasteiger partial charge in [0.2, 0.25) is 5.91 Å². The highest BCUT2D eigenvalue weighted by Crippen LogP contribution is 2.38. The van der Waals surface area contributed by atoms with Crippen molar-refractivity contribution in [3.8, 4) is 0 Å². The van der Waals surface area contributed by atoms with Gasteiger partial charge in [-0.2, -0.15) is 0 Å². The normalized spacial score (nSPS) is 21.4. The molecule has 5 rings (SSSR count). The summed E-state index contributed by atoms with van der Waals surface area (Å²) < 4.78 is 11.0. The second kappa shape index (κ2) is 8.88. The zero-order chi connectivity index (χ0) is 20.3. The van der Waals surface area contributed by atoms with Gasteiger partial charge in [0.05, 0.1) is 43.1 Å². The highest BCUT2D eigenvalue weighted by Gasteiger charge is 2.29.